The smallest absolute Gasteiger partial charge is 0.323 e. The number of carbonyl (C=O) groups is 1. The van der Waals surface area contributed by atoms with Gasteiger partial charge in [-0.2, -0.15) is 0 Å². The molecule has 1 heterocycles. The van der Waals surface area contributed by atoms with Crippen LogP contribution >= 0.6 is 0 Å². The van der Waals surface area contributed by atoms with Gasteiger partial charge in [-0.25, -0.2) is 0 Å². The van der Waals surface area contributed by atoms with Crippen LogP contribution in [0.4, 0.5) is 0 Å². The van der Waals surface area contributed by atoms with E-state index in [2.05, 4.69) is 18.7 Å². The summed E-state index contributed by atoms with van der Waals surface area (Å²) in [6.45, 7) is 6.33. The van der Waals surface area contributed by atoms with Gasteiger partial charge in [-0.15, -0.1) is 0 Å². The zero-order valence-corrected chi connectivity index (χ0v) is 10.8. The predicted octanol–water partition coefficient (Wildman–Crippen LogP) is 1.60. The van der Waals surface area contributed by atoms with Gasteiger partial charge in [0.05, 0.1) is 13.2 Å². The van der Waals surface area contributed by atoms with Gasteiger partial charge < -0.3 is 9.84 Å². The van der Waals surface area contributed by atoms with Crippen LogP contribution in [0.2, 0.25) is 0 Å². The molecule has 17 heavy (non-hydrogen) atoms. The lowest BCUT2D eigenvalue weighted by Gasteiger charge is -2.44. The van der Waals surface area contributed by atoms with E-state index in [1.165, 1.54) is 12.8 Å². The van der Waals surface area contributed by atoms with Crippen molar-refractivity contribution in [2.75, 3.05) is 19.8 Å². The number of aliphatic carboxylic acids is 1. The molecule has 4 unspecified atom stereocenters. The van der Waals surface area contributed by atoms with E-state index < -0.39 is 12.0 Å². The summed E-state index contributed by atoms with van der Waals surface area (Å²) in [6, 6.07) is -0.0131. The van der Waals surface area contributed by atoms with Gasteiger partial charge in [-0.1, -0.05) is 13.8 Å². The summed E-state index contributed by atoms with van der Waals surface area (Å²) in [5.41, 5.74) is 0. The normalized spacial score (nSPS) is 40.1. The van der Waals surface area contributed by atoms with Crippen molar-refractivity contribution >= 4 is 5.97 Å². The Balaban J connectivity index is 2.05. The highest BCUT2D eigenvalue weighted by Gasteiger charge is 2.38. The second-order valence-corrected chi connectivity index (χ2v) is 5.63. The number of nitrogens with zero attached hydrogens (tertiary/aromatic N) is 1. The molecule has 0 aromatic carbocycles. The standard InChI is InChI=1S/C13H23NO3/c1-9-3-4-11(10(2)7-9)14-5-6-17-8-12(14)13(15)16/h9-12H,3-8H2,1-2H3,(H,15,16). The zero-order valence-electron chi connectivity index (χ0n) is 10.8. The molecule has 0 spiro atoms. The highest BCUT2D eigenvalue weighted by Crippen LogP contribution is 2.33. The highest BCUT2D eigenvalue weighted by molar-refractivity contribution is 5.73. The molecule has 4 nitrogen and oxygen atoms in total. The molecule has 98 valence electrons. The van der Waals surface area contributed by atoms with Crippen LogP contribution in [-0.4, -0.2) is 47.8 Å². The number of hydrogen-bond donors (Lipinski definition) is 1. The molecule has 1 N–H and O–H groups in total. The Morgan fingerprint density at radius 2 is 2.12 bits per heavy atom. The highest BCUT2D eigenvalue weighted by atomic mass is 16.5. The van der Waals surface area contributed by atoms with Gasteiger partial charge in [0, 0.05) is 12.6 Å². The lowest BCUT2D eigenvalue weighted by molar-refractivity contribution is -0.153. The third kappa shape index (κ3) is 2.80. The first-order valence-electron chi connectivity index (χ1n) is 6.66. The lowest BCUT2D eigenvalue weighted by Crippen LogP contribution is -2.56. The zero-order chi connectivity index (χ0) is 12.4. The largest absolute Gasteiger partial charge is 0.480 e. The fraction of sp³-hybridized carbons (Fsp3) is 0.923. The Morgan fingerprint density at radius 3 is 2.76 bits per heavy atom. The minimum atomic E-state index is -0.740. The van der Waals surface area contributed by atoms with Crippen LogP contribution < -0.4 is 0 Å². The molecule has 0 amide bonds. The molecule has 0 aromatic rings. The number of rotatable bonds is 2. The number of ether oxygens (including phenoxy) is 1. The third-order valence-corrected chi connectivity index (χ3v) is 4.27. The van der Waals surface area contributed by atoms with Crippen molar-refractivity contribution in [2.24, 2.45) is 11.8 Å². The van der Waals surface area contributed by atoms with E-state index >= 15 is 0 Å². The average Bonchev–Trinajstić information content (AvgIpc) is 2.29. The second-order valence-electron chi connectivity index (χ2n) is 5.63. The molecule has 0 aromatic heterocycles. The Morgan fingerprint density at radius 1 is 1.35 bits per heavy atom. The van der Waals surface area contributed by atoms with Gasteiger partial charge >= 0.3 is 5.97 Å². The van der Waals surface area contributed by atoms with Crippen LogP contribution in [0.25, 0.3) is 0 Å². The monoisotopic (exact) mass is 241 g/mol. The maximum absolute atomic E-state index is 11.3. The SMILES string of the molecule is CC1CCC(N2CCOCC2C(=O)O)C(C)C1. The Kier molecular flexibility index (Phi) is 4.05. The molecule has 0 radical (unpaired) electrons. The first-order chi connectivity index (χ1) is 8.09. The third-order valence-electron chi connectivity index (χ3n) is 4.27. The molecule has 1 aliphatic carbocycles. The van der Waals surface area contributed by atoms with Crippen molar-refractivity contribution < 1.29 is 14.6 Å². The van der Waals surface area contributed by atoms with Crippen LogP contribution in [0, 0.1) is 11.8 Å². The first-order valence-corrected chi connectivity index (χ1v) is 6.66. The van der Waals surface area contributed by atoms with Crippen LogP contribution in [-0.2, 0) is 9.53 Å². The first kappa shape index (κ1) is 12.8. The minimum absolute atomic E-state index is 0.341. The predicted molar refractivity (Wildman–Crippen MR) is 64.9 cm³/mol. The van der Waals surface area contributed by atoms with Crippen LogP contribution in [0.5, 0.6) is 0 Å². The van der Waals surface area contributed by atoms with E-state index in [0.717, 1.165) is 18.9 Å². The van der Waals surface area contributed by atoms with E-state index in [4.69, 9.17) is 4.74 Å². The fourth-order valence-corrected chi connectivity index (χ4v) is 3.37. The van der Waals surface area contributed by atoms with E-state index in [9.17, 15) is 9.90 Å². The summed E-state index contributed by atoms with van der Waals surface area (Å²) >= 11 is 0. The quantitative estimate of drug-likeness (QED) is 0.797. The molecule has 2 aliphatic rings. The molecule has 2 rings (SSSR count). The minimum Gasteiger partial charge on any atom is -0.480 e. The summed E-state index contributed by atoms with van der Waals surface area (Å²) in [7, 11) is 0. The molecule has 0 bridgehead atoms. The van der Waals surface area contributed by atoms with Crippen LogP contribution in [0.3, 0.4) is 0 Å². The van der Waals surface area contributed by atoms with Crippen molar-refractivity contribution in [1.29, 1.82) is 0 Å². The molecular formula is C13H23NO3. The average molecular weight is 241 g/mol. The second kappa shape index (κ2) is 5.36. The summed E-state index contributed by atoms with van der Waals surface area (Å²) < 4.78 is 5.30. The Bertz CT molecular complexity index is 282. The van der Waals surface area contributed by atoms with E-state index in [0.29, 0.717) is 25.2 Å². The van der Waals surface area contributed by atoms with Crippen molar-refractivity contribution in [3.63, 3.8) is 0 Å². The summed E-state index contributed by atoms with van der Waals surface area (Å²) in [6.07, 6.45) is 3.57. The van der Waals surface area contributed by atoms with Gasteiger partial charge in [0.2, 0.25) is 0 Å². The molecule has 1 saturated heterocycles. The van der Waals surface area contributed by atoms with Gasteiger partial charge in [0.1, 0.15) is 6.04 Å². The number of carboxylic acids is 1. The lowest BCUT2D eigenvalue weighted by atomic mass is 9.78. The van der Waals surface area contributed by atoms with E-state index in [-0.39, 0.29) is 0 Å². The van der Waals surface area contributed by atoms with Crippen molar-refractivity contribution in [2.45, 2.75) is 45.2 Å². The number of morpholine rings is 1. The van der Waals surface area contributed by atoms with Crippen molar-refractivity contribution in [3.05, 3.63) is 0 Å². The topological polar surface area (TPSA) is 49.8 Å². The maximum atomic E-state index is 11.3. The number of carboxylic acid groups (broad SMARTS) is 1. The summed E-state index contributed by atoms with van der Waals surface area (Å²) in [5.74, 6) is 0.639. The Hall–Kier alpha value is -0.610. The maximum Gasteiger partial charge on any atom is 0.323 e. The molecule has 1 aliphatic heterocycles. The van der Waals surface area contributed by atoms with Gasteiger partial charge in [-0.05, 0) is 31.1 Å². The van der Waals surface area contributed by atoms with Gasteiger partial charge in [0.15, 0.2) is 0 Å². The molecule has 4 atom stereocenters. The van der Waals surface area contributed by atoms with Crippen molar-refractivity contribution in [1.82, 2.24) is 4.90 Å². The van der Waals surface area contributed by atoms with E-state index in [1.807, 2.05) is 0 Å². The van der Waals surface area contributed by atoms with Gasteiger partial charge in [0.25, 0.3) is 0 Å². The van der Waals surface area contributed by atoms with Gasteiger partial charge in [-0.3, -0.25) is 9.69 Å². The fourth-order valence-electron chi connectivity index (χ4n) is 3.37. The van der Waals surface area contributed by atoms with Crippen LogP contribution in [0.1, 0.15) is 33.1 Å². The Labute approximate surface area is 103 Å². The molecular weight excluding hydrogens is 218 g/mol. The summed E-state index contributed by atoms with van der Waals surface area (Å²) in [5, 5.41) is 9.26. The number of hydrogen-bond acceptors (Lipinski definition) is 3. The molecule has 1 saturated carbocycles. The summed E-state index contributed by atoms with van der Waals surface area (Å²) in [4.78, 5) is 13.4. The molecule has 2 fully saturated rings. The van der Waals surface area contributed by atoms with Crippen LogP contribution in [0.15, 0.2) is 0 Å². The van der Waals surface area contributed by atoms with E-state index in [1.54, 1.807) is 0 Å². The molecule has 4 heteroatoms. The van der Waals surface area contributed by atoms with Crippen molar-refractivity contribution in [3.8, 4) is 0 Å².